The van der Waals surface area contributed by atoms with E-state index in [1.807, 2.05) is 0 Å². The Morgan fingerprint density at radius 3 is 1.99 bits per heavy atom. The van der Waals surface area contributed by atoms with Gasteiger partial charge in [0.05, 0.1) is 44.7 Å². The van der Waals surface area contributed by atoms with Gasteiger partial charge in [-0.05, 0) is 111 Å². The first kappa shape index (κ1) is 53.6. The number of fused-ring (bicyclic) bond motifs is 7. The zero-order valence-electron chi connectivity index (χ0n) is 41.6. The van der Waals surface area contributed by atoms with E-state index in [9.17, 15) is 56.2 Å². The third-order valence-electron chi connectivity index (χ3n) is 19.9. The smallest absolute Gasteiger partial charge is 0.187 e. The van der Waals surface area contributed by atoms with Crippen molar-refractivity contribution in [3.05, 3.63) is 0 Å². The van der Waals surface area contributed by atoms with Crippen LogP contribution in [-0.4, -0.2) is 217 Å². The van der Waals surface area contributed by atoms with Gasteiger partial charge in [0.15, 0.2) is 30.9 Å². The van der Waals surface area contributed by atoms with Crippen LogP contribution in [0.2, 0.25) is 0 Å². The second-order valence-electron chi connectivity index (χ2n) is 23.9. The van der Waals surface area contributed by atoms with Crippen LogP contribution in [0.15, 0.2) is 0 Å². The monoisotopic (exact) mass is 1020 g/mol. The molecule has 408 valence electrons. The van der Waals surface area contributed by atoms with E-state index >= 15 is 0 Å². The van der Waals surface area contributed by atoms with E-state index in [1.54, 1.807) is 0 Å². The molecule has 6 aliphatic heterocycles. The van der Waals surface area contributed by atoms with Gasteiger partial charge in [0.2, 0.25) is 0 Å². The van der Waals surface area contributed by atoms with Gasteiger partial charge in [-0.1, -0.05) is 27.7 Å². The molecule has 1 spiro atoms. The highest BCUT2D eigenvalue weighted by molar-refractivity contribution is 5.15. The van der Waals surface area contributed by atoms with Gasteiger partial charge in [0.1, 0.15) is 85.5 Å². The fourth-order valence-corrected chi connectivity index (χ4v) is 15.7. The predicted molar refractivity (Wildman–Crippen MR) is 241 cm³/mol. The molecule has 0 bridgehead atoms. The topological polar surface area (TPSA) is 315 Å². The Kier molecular flexibility index (Phi) is 15.5. The first-order chi connectivity index (χ1) is 33.7. The van der Waals surface area contributed by atoms with Gasteiger partial charge in [-0.3, -0.25) is 0 Å². The zero-order chi connectivity index (χ0) is 50.6. The molecule has 10 fully saturated rings. The van der Waals surface area contributed by atoms with Crippen molar-refractivity contribution in [2.24, 2.45) is 52.3 Å². The molecular weight excluding hydrogens is 937 g/mol. The lowest BCUT2D eigenvalue weighted by Gasteiger charge is -2.61. The summed E-state index contributed by atoms with van der Waals surface area (Å²) in [6, 6.07) is 0. The summed E-state index contributed by atoms with van der Waals surface area (Å²) < 4.78 is 62.4. The van der Waals surface area contributed by atoms with Crippen LogP contribution in [0.1, 0.15) is 98.8 Å². The first-order valence-electron chi connectivity index (χ1n) is 26.6. The highest BCUT2D eigenvalue weighted by atomic mass is 16.8. The molecule has 0 amide bonds. The molecule has 4 aliphatic carbocycles. The predicted octanol–water partition coefficient (Wildman–Crippen LogP) is -1.24. The largest absolute Gasteiger partial charge is 0.394 e. The Hall–Kier alpha value is -0.840. The second kappa shape index (κ2) is 20.5. The number of hydrogen-bond acceptors (Lipinski definition) is 21. The average molecular weight is 1020 g/mol. The summed E-state index contributed by atoms with van der Waals surface area (Å²) in [5.74, 6) is 2.80. The SMILES string of the molecule is C[C@H]1CC[C@@]2(OC1)O[C@H]1C[C@H]3[C@@H]4CC[C@@H]5C[C@@H](O[C@@H]6O[C@H](CO[C@@H]7O[C@@H](C)[C@H](O)[C@@H](O)[C@H]7O)[C@@H](O[C@@H]7OC[C@@H](O)[C@@H](O)[C@@H]7O)[C@H](O)[C@H]6O[C@@H]6O[C@H](CO)[C@@H](O)[C@H](O)[C@H]6O)CC[C@]5(C)[C@H]4CC[C@]3(C)[C@H]1[C@@H]2C. The van der Waals surface area contributed by atoms with Crippen molar-refractivity contribution in [2.45, 2.75) is 234 Å². The van der Waals surface area contributed by atoms with E-state index in [4.69, 9.17) is 47.4 Å². The summed E-state index contributed by atoms with van der Waals surface area (Å²) in [4.78, 5) is 0. The molecule has 0 radical (unpaired) electrons. The Labute approximate surface area is 414 Å². The Balaban J connectivity index is 0.881. The van der Waals surface area contributed by atoms with Gasteiger partial charge in [-0.15, -0.1) is 0 Å². The maximum Gasteiger partial charge on any atom is 0.187 e. The molecule has 71 heavy (non-hydrogen) atoms. The number of rotatable bonds is 10. The molecule has 10 rings (SSSR count). The van der Waals surface area contributed by atoms with Crippen molar-refractivity contribution in [2.75, 3.05) is 26.4 Å². The average Bonchev–Trinajstić information content (AvgIpc) is 3.80. The minimum atomic E-state index is -1.88. The quantitative estimate of drug-likeness (QED) is 0.114. The maximum atomic E-state index is 12.4. The summed E-state index contributed by atoms with van der Waals surface area (Å²) in [5.41, 5.74) is 0.200. The Morgan fingerprint density at radius 1 is 0.563 bits per heavy atom. The maximum absolute atomic E-state index is 12.4. The highest BCUT2D eigenvalue weighted by Crippen LogP contribution is 2.71. The fraction of sp³-hybridized carbons (Fsp3) is 1.00. The Bertz CT molecular complexity index is 1810. The lowest BCUT2D eigenvalue weighted by molar-refractivity contribution is -0.392. The Morgan fingerprint density at radius 2 is 1.25 bits per heavy atom. The van der Waals surface area contributed by atoms with Gasteiger partial charge < -0.3 is 104 Å². The van der Waals surface area contributed by atoms with Gasteiger partial charge >= 0.3 is 0 Å². The zero-order valence-corrected chi connectivity index (χ0v) is 41.6. The van der Waals surface area contributed by atoms with Gasteiger partial charge in [-0.2, -0.15) is 0 Å². The molecule has 0 aromatic heterocycles. The van der Waals surface area contributed by atoms with Gasteiger partial charge in [0.25, 0.3) is 0 Å². The molecule has 31 atom stereocenters. The normalized spacial score (nSPS) is 58.5. The second-order valence-corrected chi connectivity index (χ2v) is 23.9. The first-order valence-corrected chi connectivity index (χ1v) is 26.6. The van der Waals surface area contributed by atoms with Gasteiger partial charge in [0, 0.05) is 12.3 Å². The summed E-state index contributed by atoms with van der Waals surface area (Å²) in [5, 5.41) is 118. The molecule has 21 heteroatoms. The summed E-state index contributed by atoms with van der Waals surface area (Å²) in [6.45, 7) is 10.1. The molecule has 21 nitrogen and oxygen atoms in total. The van der Waals surface area contributed by atoms with Crippen LogP contribution in [0.25, 0.3) is 0 Å². The third-order valence-corrected chi connectivity index (χ3v) is 19.9. The molecule has 0 unspecified atom stereocenters. The molecule has 11 N–H and O–H groups in total. The fourth-order valence-electron chi connectivity index (χ4n) is 15.7. The van der Waals surface area contributed by atoms with E-state index in [0.717, 1.165) is 58.0 Å². The van der Waals surface area contributed by atoms with Crippen LogP contribution in [-0.2, 0) is 47.4 Å². The molecule has 6 heterocycles. The molecule has 4 saturated carbocycles. The van der Waals surface area contributed by atoms with Crippen molar-refractivity contribution in [3.8, 4) is 0 Å². The van der Waals surface area contributed by atoms with E-state index in [1.165, 1.54) is 6.92 Å². The lowest BCUT2D eigenvalue weighted by Crippen LogP contribution is -2.67. The van der Waals surface area contributed by atoms with Crippen molar-refractivity contribution in [1.29, 1.82) is 0 Å². The van der Waals surface area contributed by atoms with Crippen molar-refractivity contribution >= 4 is 0 Å². The molecule has 6 saturated heterocycles. The van der Waals surface area contributed by atoms with Crippen molar-refractivity contribution in [3.63, 3.8) is 0 Å². The summed E-state index contributed by atoms with van der Waals surface area (Å²) in [7, 11) is 0. The van der Waals surface area contributed by atoms with E-state index < -0.39 is 148 Å². The number of aliphatic hydroxyl groups excluding tert-OH is 11. The molecular formula is C50H82O21. The van der Waals surface area contributed by atoms with Crippen LogP contribution in [0.5, 0.6) is 0 Å². The van der Waals surface area contributed by atoms with E-state index in [2.05, 4.69) is 27.7 Å². The lowest BCUT2D eigenvalue weighted by atomic mass is 9.44. The van der Waals surface area contributed by atoms with Crippen LogP contribution in [0.3, 0.4) is 0 Å². The third kappa shape index (κ3) is 9.30. The summed E-state index contributed by atoms with van der Waals surface area (Å²) in [6.07, 6.45) is -20.7. The van der Waals surface area contributed by atoms with E-state index in [-0.39, 0.29) is 22.9 Å². The van der Waals surface area contributed by atoms with Crippen LogP contribution in [0.4, 0.5) is 0 Å². The standard InChI is InChI=1S/C50H82O21/c1-20-8-13-50(64-17-20)21(2)32-29(71-50)15-27-25-7-6-23-14-24(9-11-48(23,4)26(25)10-12-49(27,32)5)66-47-43(70-46-40(60)37(57)35(55)30(16-51)67-46)41(61)42(69-45-38(58)34(54)28(52)18-62-45)31(68-47)19-63-44-39(59)36(56)33(53)22(3)65-44/h20-47,51-61H,6-19H2,1-5H3/t20-,21-,22-,23+,24-,25+,26-,27-,28+,29-,30+,31+,32-,33-,34+,35+,36+,37-,38-,39+,40+,41-,42+,43+,44+,45-,46-,47+,48-,49-,50+/m0/s1. The van der Waals surface area contributed by atoms with Crippen LogP contribution < -0.4 is 0 Å². The number of ether oxygens (including phenoxy) is 10. The highest BCUT2D eigenvalue weighted by Gasteiger charge is 2.69. The molecule has 0 aromatic rings. The van der Waals surface area contributed by atoms with E-state index in [0.29, 0.717) is 48.3 Å². The number of aliphatic hydroxyl groups is 11. The van der Waals surface area contributed by atoms with Crippen molar-refractivity contribution in [1.82, 2.24) is 0 Å². The minimum absolute atomic E-state index is 0.0294. The van der Waals surface area contributed by atoms with Crippen molar-refractivity contribution < 1.29 is 104 Å². The van der Waals surface area contributed by atoms with Crippen LogP contribution >= 0.6 is 0 Å². The van der Waals surface area contributed by atoms with Crippen LogP contribution in [0, 0.1) is 52.3 Å². The van der Waals surface area contributed by atoms with Gasteiger partial charge in [-0.25, -0.2) is 0 Å². The molecule has 0 aromatic carbocycles. The molecule has 10 aliphatic rings. The number of hydrogen-bond donors (Lipinski definition) is 11. The minimum Gasteiger partial charge on any atom is -0.394 e. The summed E-state index contributed by atoms with van der Waals surface area (Å²) >= 11 is 0.